The molecule has 1 aliphatic carbocycles. The quantitative estimate of drug-likeness (QED) is 0.879. The molecular formula is C14H16N2S. The summed E-state index contributed by atoms with van der Waals surface area (Å²) in [7, 11) is 0. The van der Waals surface area contributed by atoms with Crippen LogP contribution in [0.3, 0.4) is 0 Å². The lowest BCUT2D eigenvalue weighted by Gasteiger charge is -2.24. The second-order valence-electron chi connectivity index (χ2n) is 4.66. The first-order chi connectivity index (χ1) is 8.33. The third kappa shape index (κ3) is 2.20. The van der Waals surface area contributed by atoms with Gasteiger partial charge in [-0.25, -0.2) is 4.98 Å². The van der Waals surface area contributed by atoms with E-state index in [0.29, 0.717) is 11.0 Å². The van der Waals surface area contributed by atoms with Gasteiger partial charge in [0.2, 0.25) is 0 Å². The highest BCUT2D eigenvalue weighted by Crippen LogP contribution is 2.35. The maximum absolute atomic E-state index is 5.69. The van der Waals surface area contributed by atoms with E-state index < -0.39 is 0 Å². The fourth-order valence-electron chi connectivity index (χ4n) is 2.73. The van der Waals surface area contributed by atoms with Gasteiger partial charge >= 0.3 is 0 Å². The van der Waals surface area contributed by atoms with Crippen molar-refractivity contribution >= 4 is 16.5 Å². The second-order valence-corrected chi connectivity index (χ2v) is 5.80. The fraction of sp³-hybridized carbons (Fsp3) is 0.357. The molecule has 0 fully saturated rings. The van der Waals surface area contributed by atoms with Crippen molar-refractivity contribution in [3.05, 3.63) is 46.5 Å². The summed E-state index contributed by atoms with van der Waals surface area (Å²) in [4.78, 5) is 5.44. The van der Waals surface area contributed by atoms with Gasteiger partial charge in [-0.3, -0.25) is 0 Å². The topological polar surface area (TPSA) is 38.9 Å². The van der Waals surface area contributed by atoms with Gasteiger partial charge in [-0.1, -0.05) is 24.3 Å². The molecule has 1 atom stereocenters. The van der Waals surface area contributed by atoms with Crippen molar-refractivity contribution in [2.24, 2.45) is 0 Å². The molecule has 0 radical (unpaired) electrons. The molecule has 3 rings (SSSR count). The summed E-state index contributed by atoms with van der Waals surface area (Å²) in [5.74, 6) is 0.653. The number of aryl methyl sites for hydroxylation is 1. The number of fused-ring (bicyclic) bond motifs is 1. The zero-order valence-electron chi connectivity index (χ0n) is 9.73. The van der Waals surface area contributed by atoms with E-state index in [9.17, 15) is 0 Å². The first-order valence-corrected chi connectivity index (χ1v) is 6.92. The normalized spacial score (nSPS) is 18.9. The summed E-state index contributed by atoms with van der Waals surface area (Å²) in [6.45, 7) is 0. The Balaban J connectivity index is 1.85. The van der Waals surface area contributed by atoms with Crippen LogP contribution in [0.2, 0.25) is 0 Å². The second kappa shape index (κ2) is 4.49. The van der Waals surface area contributed by atoms with Gasteiger partial charge in [0.1, 0.15) is 0 Å². The zero-order valence-corrected chi connectivity index (χ0v) is 10.5. The number of rotatable bonds is 2. The van der Waals surface area contributed by atoms with Gasteiger partial charge in [0, 0.05) is 11.1 Å². The maximum atomic E-state index is 5.69. The van der Waals surface area contributed by atoms with E-state index >= 15 is 0 Å². The fourth-order valence-corrected chi connectivity index (χ4v) is 3.49. The molecule has 0 saturated carbocycles. The zero-order chi connectivity index (χ0) is 11.7. The van der Waals surface area contributed by atoms with E-state index in [1.54, 1.807) is 11.3 Å². The number of nitrogens with two attached hydrogens (primary N) is 1. The highest BCUT2D eigenvalue weighted by molar-refractivity contribution is 7.15. The molecule has 0 spiro atoms. The van der Waals surface area contributed by atoms with Crippen LogP contribution in [0.4, 0.5) is 5.13 Å². The molecule has 2 aromatic rings. The standard InChI is InChI=1S/C14H16N2S/c15-14-16-9-12(17-14)8-11-6-3-5-10-4-1-2-7-13(10)11/h1-2,4,7,9,11H,3,5-6,8H2,(H2,15,16). The van der Waals surface area contributed by atoms with E-state index in [-0.39, 0.29) is 0 Å². The van der Waals surface area contributed by atoms with Gasteiger partial charge < -0.3 is 5.73 Å². The number of hydrogen-bond donors (Lipinski definition) is 1. The number of nitrogens with zero attached hydrogens (tertiary/aromatic N) is 1. The molecule has 0 bridgehead atoms. The molecule has 1 aromatic carbocycles. The van der Waals surface area contributed by atoms with Crippen molar-refractivity contribution in [1.29, 1.82) is 0 Å². The Bertz CT molecular complexity index is 518. The Morgan fingerprint density at radius 2 is 2.24 bits per heavy atom. The Hall–Kier alpha value is -1.35. The van der Waals surface area contributed by atoms with Gasteiger partial charge in [0.15, 0.2) is 5.13 Å². The summed E-state index contributed by atoms with van der Waals surface area (Å²) in [5, 5.41) is 0.684. The van der Waals surface area contributed by atoms with E-state index in [1.807, 2.05) is 6.20 Å². The molecule has 0 saturated heterocycles. The molecule has 2 N–H and O–H groups in total. The Morgan fingerprint density at radius 3 is 3.06 bits per heavy atom. The highest BCUT2D eigenvalue weighted by Gasteiger charge is 2.20. The summed E-state index contributed by atoms with van der Waals surface area (Å²) >= 11 is 1.62. The number of aromatic nitrogens is 1. The van der Waals surface area contributed by atoms with Gasteiger partial charge in [0.25, 0.3) is 0 Å². The summed E-state index contributed by atoms with van der Waals surface area (Å²) in [6, 6.07) is 8.84. The van der Waals surface area contributed by atoms with Crippen molar-refractivity contribution in [3.8, 4) is 0 Å². The number of benzene rings is 1. The predicted molar refractivity (Wildman–Crippen MR) is 72.4 cm³/mol. The highest BCUT2D eigenvalue weighted by atomic mass is 32.1. The molecule has 2 nitrogen and oxygen atoms in total. The summed E-state index contributed by atoms with van der Waals surface area (Å²) in [5.41, 5.74) is 8.75. The minimum absolute atomic E-state index is 0.653. The molecule has 0 amide bonds. The van der Waals surface area contributed by atoms with Crippen LogP contribution >= 0.6 is 11.3 Å². The average Bonchev–Trinajstić information content (AvgIpc) is 2.75. The van der Waals surface area contributed by atoms with Crippen molar-refractivity contribution in [2.75, 3.05) is 5.73 Å². The van der Waals surface area contributed by atoms with Crippen LogP contribution in [-0.2, 0) is 12.8 Å². The molecule has 1 aliphatic rings. The van der Waals surface area contributed by atoms with Gasteiger partial charge in [-0.05, 0) is 42.7 Å². The number of hydrogen-bond acceptors (Lipinski definition) is 3. The maximum Gasteiger partial charge on any atom is 0.180 e. The van der Waals surface area contributed by atoms with Crippen LogP contribution in [0.5, 0.6) is 0 Å². The first kappa shape index (κ1) is 10.8. The largest absolute Gasteiger partial charge is 0.375 e. The predicted octanol–water partition coefficient (Wildman–Crippen LogP) is 3.39. The lowest BCUT2D eigenvalue weighted by atomic mass is 9.81. The molecule has 17 heavy (non-hydrogen) atoms. The summed E-state index contributed by atoms with van der Waals surface area (Å²) in [6.07, 6.45) is 6.84. The Kier molecular flexibility index (Phi) is 2.85. The van der Waals surface area contributed by atoms with E-state index in [4.69, 9.17) is 5.73 Å². The molecule has 0 aliphatic heterocycles. The monoisotopic (exact) mass is 244 g/mol. The van der Waals surface area contributed by atoms with Crippen LogP contribution < -0.4 is 5.73 Å². The van der Waals surface area contributed by atoms with Gasteiger partial charge in [-0.2, -0.15) is 0 Å². The smallest absolute Gasteiger partial charge is 0.180 e. The van der Waals surface area contributed by atoms with Crippen LogP contribution in [0.15, 0.2) is 30.5 Å². The number of anilines is 1. The minimum Gasteiger partial charge on any atom is -0.375 e. The van der Waals surface area contributed by atoms with Gasteiger partial charge in [0.05, 0.1) is 0 Å². The number of thiazole rings is 1. The molecule has 1 unspecified atom stereocenters. The first-order valence-electron chi connectivity index (χ1n) is 6.11. The Labute approximate surface area is 106 Å². The van der Waals surface area contributed by atoms with E-state index in [0.717, 1.165) is 6.42 Å². The van der Waals surface area contributed by atoms with Crippen molar-refractivity contribution in [1.82, 2.24) is 4.98 Å². The van der Waals surface area contributed by atoms with Crippen molar-refractivity contribution < 1.29 is 0 Å². The Morgan fingerprint density at radius 1 is 1.35 bits per heavy atom. The third-order valence-electron chi connectivity index (χ3n) is 3.51. The van der Waals surface area contributed by atoms with E-state index in [1.165, 1.54) is 35.3 Å². The third-order valence-corrected chi connectivity index (χ3v) is 4.36. The minimum atomic E-state index is 0.653. The average molecular weight is 244 g/mol. The molecule has 1 heterocycles. The van der Waals surface area contributed by atoms with Crippen molar-refractivity contribution in [3.63, 3.8) is 0 Å². The number of nitrogen functional groups attached to an aromatic ring is 1. The molecule has 3 heteroatoms. The molecule has 88 valence electrons. The van der Waals surface area contributed by atoms with Gasteiger partial charge in [-0.15, -0.1) is 11.3 Å². The van der Waals surface area contributed by atoms with Crippen LogP contribution in [0, 0.1) is 0 Å². The molecular weight excluding hydrogens is 228 g/mol. The summed E-state index contributed by atoms with van der Waals surface area (Å²) < 4.78 is 0. The van der Waals surface area contributed by atoms with Crippen LogP contribution in [0.25, 0.3) is 0 Å². The van der Waals surface area contributed by atoms with Crippen LogP contribution in [0.1, 0.15) is 34.8 Å². The lowest BCUT2D eigenvalue weighted by molar-refractivity contribution is 0.553. The molecule has 1 aromatic heterocycles. The SMILES string of the molecule is Nc1ncc(CC2CCCc3ccccc32)s1. The lowest BCUT2D eigenvalue weighted by Crippen LogP contribution is -2.11. The van der Waals surface area contributed by atoms with Crippen LogP contribution in [-0.4, -0.2) is 4.98 Å². The van der Waals surface area contributed by atoms with Crippen molar-refractivity contribution in [2.45, 2.75) is 31.6 Å². The van der Waals surface area contributed by atoms with E-state index in [2.05, 4.69) is 29.2 Å².